The number of hydrogen-bond donors (Lipinski definition) is 0. The second-order valence-corrected chi connectivity index (χ2v) is 3.17. The summed E-state index contributed by atoms with van der Waals surface area (Å²) in [6.07, 6.45) is 11.1. The molecule has 0 atom stereocenters. The lowest BCUT2D eigenvalue weighted by molar-refractivity contribution is 0.530. The van der Waals surface area contributed by atoms with Gasteiger partial charge in [-0.05, 0) is 32.9 Å². The standard InChI is InChI=1S/C9H10O.C6H10.2C2H6.C2H4/c1-3-5-8-6-7-10-9(8)4-2;1-4-6(3)5-2;3*1-2/h3-7H,1H2,2H3;4-5H,1H2,2-3H3;2*1-2H3;1-2H2/b8-5-,9-4+;6-5-;;;. The van der Waals surface area contributed by atoms with Gasteiger partial charge in [0.05, 0.1) is 6.26 Å². The van der Waals surface area contributed by atoms with Gasteiger partial charge in [-0.1, -0.05) is 70.7 Å². The van der Waals surface area contributed by atoms with E-state index in [4.69, 9.17) is 4.42 Å². The van der Waals surface area contributed by atoms with E-state index in [9.17, 15) is 0 Å². The summed E-state index contributed by atoms with van der Waals surface area (Å²) < 4.78 is 5.13. The molecule has 0 saturated heterocycles. The van der Waals surface area contributed by atoms with Crippen molar-refractivity contribution < 1.29 is 4.42 Å². The summed E-state index contributed by atoms with van der Waals surface area (Å²) in [6, 6.07) is 1.91. The molecule has 0 radical (unpaired) electrons. The lowest BCUT2D eigenvalue weighted by atomic mass is 10.3. The van der Waals surface area contributed by atoms with Crippen LogP contribution < -0.4 is 10.6 Å². The molecule has 1 heterocycles. The van der Waals surface area contributed by atoms with Crippen LogP contribution in [0.3, 0.4) is 0 Å². The number of furan rings is 1. The zero-order valence-electron chi connectivity index (χ0n) is 15.8. The summed E-state index contributed by atoms with van der Waals surface area (Å²) in [6.45, 7) is 27.1. The van der Waals surface area contributed by atoms with Crippen LogP contribution in [0.15, 0.2) is 66.9 Å². The predicted molar refractivity (Wildman–Crippen MR) is 106 cm³/mol. The van der Waals surface area contributed by atoms with Crippen LogP contribution in [0.2, 0.25) is 0 Å². The minimum Gasteiger partial charge on any atom is -0.465 e. The highest BCUT2D eigenvalue weighted by molar-refractivity contribution is 5.35. The quantitative estimate of drug-likeness (QED) is 0.479. The van der Waals surface area contributed by atoms with E-state index in [1.54, 1.807) is 12.3 Å². The zero-order chi connectivity index (χ0) is 18.4. The van der Waals surface area contributed by atoms with E-state index in [-0.39, 0.29) is 0 Å². The van der Waals surface area contributed by atoms with Crippen LogP contribution in [0, 0.1) is 0 Å². The molecule has 1 aromatic rings. The third-order valence-corrected chi connectivity index (χ3v) is 2.06. The summed E-state index contributed by atoms with van der Waals surface area (Å²) in [5.41, 5.74) is 2.13. The van der Waals surface area contributed by atoms with Crippen molar-refractivity contribution in [3.63, 3.8) is 0 Å². The van der Waals surface area contributed by atoms with Crippen LogP contribution in [-0.4, -0.2) is 0 Å². The molecule has 0 N–H and O–H groups in total. The SMILES string of the molecule is C=C.C=C/C(C)=C\C.C=C/C=c1/cco/c1=C/C.CC.CC. The van der Waals surface area contributed by atoms with Crippen molar-refractivity contribution in [3.05, 3.63) is 73.1 Å². The monoisotopic (exact) mass is 304 g/mol. The lowest BCUT2D eigenvalue weighted by Gasteiger charge is -1.78. The number of allylic oxidation sites excluding steroid dienone is 4. The van der Waals surface area contributed by atoms with Crippen LogP contribution in [0.4, 0.5) is 0 Å². The van der Waals surface area contributed by atoms with Crippen molar-refractivity contribution in [1.29, 1.82) is 0 Å². The fraction of sp³-hybridized carbons (Fsp3) is 0.333. The van der Waals surface area contributed by atoms with Crippen LogP contribution >= 0.6 is 0 Å². The third kappa shape index (κ3) is 18.0. The maximum Gasteiger partial charge on any atom is 0.129 e. The van der Waals surface area contributed by atoms with E-state index in [0.29, 0.717) is 0 Å². The van der Waals surface area contributed by atoms with Gasteiger partial charge in [0.15, 0.2) is 0 Å². The van der Waals surface area contributed by atoms with Gasteiger partial charge in [-0.2, -0.15) is 0 Å². The maximum atomic E-state index is 5.13. The molecule has 1 rings (SSSR count). The summed E-state index contributed by atoms with van der Waals surface area (Å²) in [5, 5.41) is 1.08. The van der Waals surface area contributed by atoms with E-state index in [2.05, 4.69) is 26.3 Å². The Bertz CT molecular complexity index is 472. The fourth-order valence-corrected chi connectivity index (χ4v) is 0.948. The van der Waals surface area contributed by atoms with Crippen molar-refractivity contribution in [1.82, 2.24) is 0 Å². The Labute approximate surface area is 138 Å². The normalized spacial score (nSPS) is 10.2. The minimum atomic E-state index is 0.903. The summed E-state index contributed by atoms with van der Waals surface area (Å²) in [4.78, 5) is 0. The molecule has 0 aliphatic carbocycles. The van der Waals surface area contributed by atoms with Crippen LogP contribution in [0.1, 0.15) is 48.5 Å². The second-order valence-electron chi connectivity index (χ2n) is 3.17. The first kappa shape index (κ1) is 28.2. The second kappa shape index (κ2) is 27.3. The van der Waals surface area contributed by atoms with Crippen molar-refractivity contribution in [2.45, 2.75) is 48.5 Å². The Balaban J connectivity index is -0.000000117. The fourth-order valence-electron chi connectivity index (χ4n) is 0.948. The molecule has 0 bridgehead atoms. The minimum absolute atomic E-state index is 0.903. The average molecular weight is 305 g/mol. The molecule has 0 saturated carbocycles. The maximum absolute atomic E-state index is 5.13. The first-order valence-corrected chi connectivity index (χ1v) is 7.77. The Hall–Kier alpha value is -2.02. The Morgan fingerprint density at radius 2 is 1.55 bits per heavy atom. The highest BCUT2D eigenvalue weighted by atomic mass is 16.3. The molecule has 0 aromatic carbocycles. The van der Waals surface area contributed by atoms with Crippen molar-refractivity contribution in [3.8, 4) is 0 Å². The van der Waals surface area contributed by atoms with Gasteiger partial charge >= 0.3 is 0 Å². The largest absolute Gasteiger partial charge is 0.465 e. The van der Waals surface area contributed by atoms with Crippen molar-refractivity contribution in [2.24, 2.45) is 0 Å². The lowest BCUT2D eigenvalue weighted by Crippen LogP contribution is -2.17. The molecule has 0 unspecified atom stereocenters. The summed E-state index contributed by atoms with van der Waals surface area (Å²) in [7, 11) is 0. The molecule has 1 heteroatoms. The molecule has 0 amide bonds. The van der Waals surface area contributed by atoms with Crippen molar-refractivity contribution >= 4 is 12.2 Å². The molecule has 1 nitrogen and oxygen atoms in total. The van der Waals surface area contributed by atoms with E-state index in [1.807, 2.05) is 78.8 Å². The zero-order valence-corrected chi connectivity index (χ0v) is 15.8. The van der Waals surface area contributed by atoms with Gasteiger partial charge in [0.1, 0.15) is 5.42 Å². The highest BCUT2D eigenvalue weighted by Gasteiger charge is 1.82. The molecule has 1 aromatic heterocycles. The Morgan fingerprint density at radius 1 is 1.05 bits per heavy atom. The molecular formula is C21H36O. The van der Waals surface area contributed by atoms with Crippen LogP contribution in [0.5, 0.6) is 0 Å². The molecule has 0 spiro atoms. The van der Waals surface area contributed by atoms with Crippen molar-refractivity contribution in [2.75, 3.05) is 0 Å². The molecule has 0 aliphatic heterocycles. The molecular weight excluding hydrogens is 268 g/mol. The highest BCUT2D eigenvalue weighted by Crippen LogP contribution is 1.88. The summed E-state index contributed by atoms with van der Waals surface area (Å²) >= 11 is 0. The van der Waals surface area contributed by atoms with Gasteiger partial charge in [0.2, 0.25) is 0 Å². The topological polar surface area (TPSA) is 13.1 Å². The van der Waals surface area contributed by atoms with E-state index < -0.39 is 0 Å². The van der Waals surface area contributed by atoms with Gasteiger partial charge in [-0.25, -0.2) is 0 Å². The Morgan fingerprint density at radius 3 is 1.82 bits per heavy atom. The molecule has 126 valence electrons. The first-order chi connectivity index (χ1) is 10.7. The van der Waals surface area contributed by atoms with Gasteiger partial charge in [0, 0.05) is 5.22 Å². The smallest absolute Gasteiger partial charge is 0.129 e. The Kier molecular flexibility index (Phi) is 35.0. The van der Waals surface area contributed by atoms with Gasteiger partial charge in [-0.15, -0.1) is 13.2 Å². The van der Waals surface area contributed by atoms with Crippen LogP contribution in [0.25, 0.3) is 12.2 Å². The van der Waals surface area contributed by atoms with E-state index >= 15 is 0 Å². The number of hydrogen-bond acceptors (Lipinski definition) is 1. The van der Waals surface area contributed by atoms with Gasteiger partial charge in [-0.3, -0.25) is 0 Å². The number of rotatable bonds is 2. The molecule has 0 aliphatic rings. The molecule has 22 heavy (non-hydrogen) atoms. The third-order valence-electron chi connectivity index (χ3n) is 2.06. The van der Waals surface area contributed by atoms with Gasteiger partial charge < -0.3 is 4.42 Å². The summed E-state index contributed by atoms with van der Waals surface area (Å²) in [5.74, 6) is 0. The average Bonchev–Trinajstić information content (AvgIpc) is 3.07. The van der Waals surface area contributed by atoms with E-state index in [1.165, 1.54) is 5.57 Å². The molecule has 0 fully saturated rings. The van der Waals surface area contributed by atoms with Gasteiger partial charge in [0.25, 0.3) is 0 Å². The first-order valence-electron chi connectivity index (χ1n) is 7.77. The predicted octanol–water partition coefficient (Wildman–Crippen LogP) is 6.04. The van der Waals surface area contributed by atoms with E-state index in [0.717, 1.165) is 10.6 Å². The van der Waals surface area contributed by atoms with Crippen LogP contribution in [-0.2, 0) is 0 Å².